The number of ether oxygens (including phenoxy) is 3. The van der Waals surface area contributed by atoms with Crippen LogP contribution in [0.2, 0.25) is 0 Å². The lowest BCUT2D eigenvalue weighted by Crippen LogP contribution is -2.29. The molecular weight excluding hydrogens is 466 g/mol. The Bertz CT molecular complexity index is 878. The molecule has 0 spiro atoms. The third-order valence-electron chi connectivity index (χ3n) is 4.73. The van der Waals surface area contributed by atoms with E-state index in [2.05, 4.69) is 4.84 Å². The number of esters is 2. The van der Waals surface area contributed by atoms with Crippen molar-refractivity contribution in [2.75, 3.05) is 13.2 Å². The van der Waals surface area contributed by atoms with Gasteiger partial charge in [-0.2, -0.15) is 0 Å². The van der Waals surface area contributed by atoms with Crippen molar-refractivity contribution in [1.29, 1.82) is 0 Å². The molecule has 0 heterocycles. The van der Waals surface area contributed by atoms with Crippen LogP contribution in [0, 0.1) is 11.8 Å². The minimum atomic E-state index is -1.09. The standard InChI is InChI=1S/C18H22O5.C9H19NO3/c1-11(9-14(19)23-18(2,3)4)10-22-17-15(20)12-7-5-6-8-13(12)16(17)21;1-7(6-12-10)5-8(11)13-9(2,3)4/h5-8,11,17H,9-10H2,1-4H3;7H,5-6,10H2,1-4H3/t11-;7-/m11/s1. The fourth-order valence-corrected chi connectivity index (χ4v) is 3.34. The summed E-state index contributed by atoms with van der Waals surface area (Å²) in [5.74, 6) is 3.68. The second-order valence-electron chi connectivity index (χ2n) is 11.1. The number of rotatable bonds is 9. The number of ketones is 2. The summed E-state index contributed by atoms with van der Waals surface area (Å²) >= 11 is 0. The van der Waals surface area contributed by atoms with E-state index in [1.54, 1.807) is 45.0 Å². The normalized spacial score (nSPS) is 15.5. The Morgan fingerprint density at radius 2 is 1.19 bits per heavy atom. The lowest BCUT2D eigenvalue weighted by Gasteiger charge is -2.21. The van der Waals surface area contributed by atoms with Gasteiger partial charge < -0.3 is 19.0 Å². The second kappa shape index (κ2) is 13.6. The number of carbonyl (C=O) groups excluding carboxylic acids is 4. The molecule has 2 rings (SSSR count). The maximum atomic E-state index is 12.2. The summed E-state index contributed by atoms with van der Waals surface area (Å²) in [5, 5.41) is 0. The van der Waals surface area contributed by atoms with Gasteiger partial charge >= 0.3 is 11.9 Å². The minimum Gasteiger partial charge on any atom is -0.460 e. The first kappa shape index (κ1) is 31.4. The zero-order valence-electron chi connectivity index (χ0n) is 22.7. The molecule has 36 heavy (non-hydrogen) atoms. The van der Waals surface area contributed by atoms with E-state index in [0.717, 1.165) is 0 Å². The molecule has 0 aromatic heterocycles. The highest BCUT2D eigenvalue weighted by molar-refractivity contribution is 6.28. The van der Waals surface area contributed by atoms with E-state index < -0.39 is 17.3 Å². The Kier molecular flexibility index (Phi) is 11.9. The van der Waals surface area contributed by atoms with Crippen LogP contribution in [-0.2, 0) is 28.6 Å². The molecule has 0 radical (unpaired) electrons. The molecule has 2 N–H and O–H groups in total. The van der Waals surface area contributed by atoms with Crippen LogP contribution in [0.1, 0.15) is 88.9 Å². The summed E-state index contributed by atoms with van der Waals surface area (Å²) in [6.07, 6.45) is -0.568. The van der Waals surface area contributed by atoms with Crippen molar-refractivity contribution in [3.63, 3.8) is 0 Å². The van der Waals surface area contributed by atoms with Crippen LogP contribution in [0.25, 0.3) is 0 Å². The van der Waals surface area contributed by atoms with Crippen LogP contribution < -0.4 is 5.90 Å². The first-order valence-electron chi connectivity index (χ1n) is 12.1. The van der Waals surface area contributed by atoms with E-state index in [4.69, 9.17) is 20.1 Å². The first-order valence-corrected chi connectivity index (χ1v) is 12.1. The van der Waals surface area contributed by atoms with Gasteiger partial charge in [-0.15, -0.1) is 0 Å². The largest absolute Gasteiger partial charge is 0.460 e. The molecular formula is C27H41NO8. The maximum absolute atomic E-state index is 12.2. The summed E-state index contributed by atoms with van der Waals surface area (Å²) in [6.45, 7) is 15.2. The predicted octanol–water partition coefficient (Wildman–Crippen LogP) is 4.06. The van der Waals surface area contributed by atoms with Crippen LogP contribution in [0.4, 0.5) is 0 Å². The fourth-order valence-electron chi connectivity index (χ4n) is 3.34. The summed E-state index contributed by atoms with van der Waals surface area (Å²) in [7, 11) is 0. The molecule has 2 atom stereocenters. The van der Waals surface area contributed by atoms with E-state index in [1.165, 1.54) is 0 Å². The Morgan fingerprint density at radius 3 is 1.56 bits per heavy atom. The van der Waals surface area contributed by atoms with Crippen molar-refractivity contribution in [3.05, 3.63) is 35.4 Å². The Balaban J connectivity index is 0.000000426. The molecule has 0 aliphatic heterocycles. The van der Waals surface area contributed by atoms with Crippen molar-refractivity contribution in [2.24, 2.45) is 17.7 Å². The van der Waals surface area contributed by atoms with Crippen LogP contribution in [0.3, 0.4) is 0 Å². The lowest BCUT2D eigenvalue weighted by molar-refractivity contribution is -0.157. The van der Waals surface area contributed by atoms with Gasteiger partial charge in [-0.1, -0.05) is 38.1 Å². The van der Waals surface area contributed by atoms with Crippen molar-refractivity contribution in [1.82, 2.24) is 0 Å². The molecule has 9 heteroatoms. The second-order valence-corrected chi connectivity index (χ2v) is 11.1. The average molecular weight is 508 g/mol. The van der Waals surface area contributed by atoms with Crippen LogP contribution in [-0.4, -0.2) is 54.0 Å². The van der Waals surface area contributed by atoms with Crippen molar-refractivity contribution in [2.45, 2.75) is 85.5 Å². The number of fused-ring (bicyclic) bond motifs is 1. The summed E-state index contributed by atoms with van der Waals surface area (Å²) in [4.78, 5) is 51.8. The maximum Gasteiger partial charge on any atom is 0.306 e. The van der Waals surface area contributed by atoms with Gasteiger partial charge in [0.2, 0.25) is 0 Å². The molecule has 1 aliphatic carbocycles. The van der Waals surface area contributed by atoms with Crippen molar-refractivity contribution in [3.8, 4) is 0 Å². The predicted molar refractivity (Wildman–Crippen MR) is 134 cm³/mol. The number of carbonyl (C=O) groups is 4. The molecule has 1 aromatic carbocycles. The highest BCUT2D eigenvalue weighted by Crippen LogP contribution is 2.25. The lowest BCUT2D eigenvalue weighted by atomic mass is 10.1. The Morgan fingerprint density at radius 1 is 0.806 bits per heavy atom. The van der Waals surface area contributed by atoms with E-state index in [9.17, 15) is 19.2 Å². The molecule has 0 saturated carbocycles. The number of hydrogen-bond acceptors (Lipinski definition) is 9. The van der Waals surface area contributed by atoms with Crippen LogP contribution >= 0.6 is 0 Å². The summed E-state index contributed by atoms with van der Waals surface area (Å²) < 4.78 is 15.9. The third-order valence-corrected chi connectivity index (χ3v) is 4.73. The molecule has 1 aliphatic rings. The molecule has 0 saturated heterocycles. The first-order chi connectivity index (χ1) is 16.5. The fraction of sp³-hybridized carbons (Fsp3) is 0.630. The molecule has 0 unspecified atom stereocenters. The van der Waals surface area contributed by atoms with Crippen molar-refractivity contribution >= 4 is 23.5 Å². The minimum absolute atomic E-state index is 0.0971. The van der Waals surface area contributed by atoms with Gasteiger partial charge in [0.25, 0.3) is 0 Å². The van der Waals surface area contributed by atoms with Gasteiger partial charge in [-0.25, -0.2) is 5.90 Å². The topological polar surface area (TPSA) is 131 Å². The SMILES string of the molecule is C[C@@H](COC1C(=O)c2ccccc2C1=O)CC(=O)OC(C)(C)C.C[C@@H](CON)CC(=O)OC(C)(C)C. The third kappa shape index (κ3) is 11.4. The smallest absolute Gasteiger partial charge is 0.306 e. The van der Waals surface area contributed by atoms with Gasteiger partial charge in [-0.05, 0) is 53.4 Å². The van der Waals surface area contributed by atoms with Crippen molar-refractivity contribution < 1.29 is 38.2 Å². The van der Waals surface area contributed by atoms with Gasteiger partial charge in [0.1, 0.15) is 11.2 Å². The Hall–Kier alpha value is -2.62. The zero-order chi connectivity index (χ0) is 27.7. The van der Waals surface area contributed by atoms with Gasteiger partial charge in [0.15, 0.2) is 17.7 Å². The van der Waals surface area contributed by atoms with Crippen LogP contribution in [0.5, 0.6) is 0 Å². The quantitative estimate of drug-likeness (QED) is 0.298. The molecule has 9 nitrogen and oxygen atoms in total. The van der Waals surface area contributed by atoms with Gasteiger partial charge in [-0.3, -0.25) is 19.2 Å². The Labute approximate surface area is 213 Å². The van der Waals surface area contributed by atoms with Crippen LogP contribution in [0.15, 0.2) is 24.3 Å². The average Bonchev–Trinajstić information content (AvgIpc) is 2.94. The van der Waals surface area contributed by atoms with E-state index in [0.29, 0.717) is 24.2 Å². The monoisotopic (exact) mass is 507 g/mol. The van der Waals surface area contributed by atoms with E-state index in [-0.39, 0.29) is 48.4 Å². The highest BCUT2D eigenvalue weighted by atomic mass is 16.6. The number of nitrogens with two attached hydrogens (primary N) is 1. The number of Topliss-reactive ketones (excluding diaryl/α,β-unsaturated/α-hetero) is 2. The number of benzene rings is 1. The zero-order valence-corrected chi connectivity index (χ0v) is 22.7. The summed E-state index contributed by atoms with van der Waals surface area (Å²) in [5.41, 5.74) is -0.138. The van der Waals surface area contributed by atoms with Gasteiger partial charge in [0.05, 0.1) is 26.1 Å². The molecule has 1 aromatic rings. The molecule has 0 fully saturated rings. The molecule has 202 valence electrons. The molecule has 0 bridgehead atoms. The van der Waals surface area contributed by atoms with E-state index >= 15 is 0 Å². The highest BCUT2D eigenvalue weighted by Gasteiger charge is 2.39. The number of hydrogen-bond donors (Lipinski definition) is 1. The van der Waals surface area contributed by atoms with E-state index in [1.807, 2.05) is 34.6 Å². The van der Waals surface area contributed by atoms with Gasteiger partial charge in [0, 0.05) is 11.1 Å². The summed E-state index contributed by atoms with van der Waals surface area (Å²) in [6, 6.07) is 6.70. The molecule has 0 amide bonds.